The highest BCUT2D eigenvalue weighted by molar-refractivity contribution is 9.10. The Morgan fingerprint density at radius 2 is 1.61 bits per heavy atom. The molecule has 0 aromatic heterocycles. The minimum Gasteiger partial charge on any atom is -0.497 e. The third-order valence-electron chi connectivity index (χ3n) is 2.56. The Balaban J connectivity index is 0.000000409. The van der Waals surface area contributed by atoms with E-state index in [2.05, 4.69) is 31.9 Å². The van der Waals surface area contributed by atoms with Gasteiger partial charge < -0.3 is 9.47 Å². The summed E-state index contributed by atoms with van der Waals surface area (Å²) in [4.78, 5) is 10.4. The van der Waals surface area contributed by atoms with Gasteiger partial charge >= 0.3 is 0 Å². The lowest BCUT2D eigenvalue weighted by Gasteiger charge is -2.04. The van der Waals surface area contributed by atoms with Crippen molar-refractivity contribution in [2.45, 2.75) is 7.43 Å². The van der Waals surface area contributed by atoms with Crippen LogP contribution in [0.1, 0.15) is 17.8 Å². The van der Waals surface area contributed by atoms with Crippen molar-refractivity contribution < 1.29 is 23.0 Å². The van der Waals surface area contributed by atoms with Crippen LogP contribution < -0.4 is 9.47 Å². The summed E-state index contributed by atoms with van der Waals surface area (Å²) in [6.45, 7) is 0. The molecule has 0 amide bonds. The fraction of sp³-hybridized carbons (Fsp3) is 0.188. The Morgan fingerprint density at radius 3 is 2.09 bits per heavy atom. The molecule has 0 atom stereocenters. The van der Waals surface area contributed by atoms with E-state index in [1.165, 1.54) is 32.4 Å². The normalized spacial score (nSPS) is 9.13. The second kappa shape index (κ2) is 10.3. The van der Waals surface area contributed by atoms with Crippen molar-refractivity contribution in [3.63, 3.8) is 0 Å². The summed E-state index contributed by atoms with van der Waals surface area (Å²) in [5, 5.41) is 0. The smallest absolute Gasteiger partial charge is 0.156 e. The molecule has 0 radical (unpaired) electrons. The van der Waals surface area contributed by atoms with Gasteiger partial charge in [0.1, 0.15) is 17.3 Å². The molecule has 0 saturated carbocycles. The van der Waals surface area contributed by atoms with Gasteiger partial charge in [-0.25, -0.2) is 8.78 Å². The van der Waals surface area contributed by atoms with E-state index in [1.54, 1.807) is 12.1 Å². The summed E-state index contributed by atoms with van der Waals surface area (Å²) in [6.07, 6.45) is 0.429. The number of carbonyl (C=O) groups excluding carboxylic acids is 1. The van der Waals surface area contributed by atoms with Crippen LogP contribution in [-0.2, 0) is 0 Å². The Bertz CT molecular complexity index is 664. The third-order valence-corrected chi connectivity index (χ3v) is 3.81. The second-order valence-electron chi connectivity index (χ2n) is 3.88. The molecule has 0 N–H and O–H groups in total. The van der Waals surface area contributed by atoms with Gasteiger partial charge in [0, 0.05) is 6.07 Å². The molecule has 23 heavy (non-hydrogen) atoms. The lowest BCUT2D eigenvalue weighted by Crippen LogP contribution is -1.94. The van der Waals surface area contributed by atoms with Gasteiger partial charge in [-0.05, 0) is 56.1 Å². The number of benzene rings is 2. The third kappa shape index (κ3) is 5.91. The van der Waals surface area contributed by atoms with Crippen molar-refractivity contribution in [1.29, 1.82) is 0 Å². The number of ether oxygens (including phenoxy) is 2. The molecule has 0 spiro atoms. The van der Waals surface area contributed by atoms with Crippen LogP contribution in [0.4, 0.5) is 8.78 Å². The molecule has 7 heteroatoms. The van der Waals surface area contributed by atoms with E-state index in [0.29, 0.717) is 16.5 Å². The molecular formula is C16H16Br2F2O3. The fourth-order valence-corrected chi connectivity index (χ4v) is 2.03. The molecule has 0 heterocycles. The molecule has 126 valence electrons. The first kappa shape index (κ1) is 21.5. The van der Waals surface area contributed by atoms with Crippen LogP contribution in [-0.4, -0.2) is 20.5 Å². The Hall–Kier alpha value is -1.47. The van der Waals surface area contributed by atoms with E-state index in [-0.39, 0.29) is 29.0 Å². The predicted molar refractivity (Wildman–Crippen MR) is 93.4 cm³/mol. The highest BCUT2D eigenvalue weighted by Gasteiger charge is 2.11. The molecule has 3 nitrogen and oxygen atoms in total. The van der Waals surface area contributed by atoms with E-state index in [9.17, 15) is 13.6 Å². The predicted octanol–water partition coefficient (Wildman–Crippen LogP) is 5.64. The molecule has 0 aliphatic rings. The maximum atomic E-state index is 13.1. The molecule has 0 fully saturated rings. The van der Waals surface area contributed by atoms with Crippen LogP contribution in [0.5, 0.6) is 11.5 Å². The first-order chi connectivity index (χ1) is 10.4. The van der Waals surface area contributed by atoms with Gasteiger partial charge in [0.2, 0.25) is 0 Å². The van der Waals surface area contributed by atoms with Crippen molar-refractivity contribution in [3.8, 4) is 11.5 Å². The molecular weight excluding hydrogens is 438 g/mol. The van der Waals surface area contributed by atoms with Gasteiger partial charge in [-0.15, -0.1) is 0 Å². The van der Waals surface area contributed by atoms with Crippen molar-refractivity contribution in [3.05, 3.63) is 56.5 Å². The molecule has 0 saturated heterocycles. The molecule has 2 aromatic rings. The lowest BCUT2D eigenvalue weighted by molar-refractivity contribution is 0.111. The van der Waals surface area contributed by atoms with Crippen LogP contribution in [0.15, 0.2) is 39.3 Å². The fourth-order valence-electron chi connectivity index (χ4n) is 1.44. The van der Waals surface area contributed by atoms with E-state index < -0.39 is 5.82 Å². The number of carbonyl (C=O) groups is 1. The summed E-state index contributed by atoms with van der Waals surface area (Å²) in [5.74, 6) is -0.130. The number of aldehydes is 1. The van der Waals surface area contributed by atoms with Gasteiger partial charge in [0.05, 0.1) is 28.7 Å². The first-order valence-corrected chi connectivity index (χ1v) is 7.49. The maximum Gasteiger partial charge on any atom is 0.156 e. The number of halogens is 4. The monoisotopic (exact) mass is 452 g/mol. The van der Waals surface area contributed by atoms with Gasteiger partial charge in [-0.3, -0.25) is 4.79 Å². The zero-order chi connectivity index (χ0) is 16.7. The minimum absolute atomic E-state index is 0. The minimum atomic E-state index is -0.593. The number of rotatable bonds is 3. The largest absolute Gasteiger partial charge is 0.497 e. The summed E-state index contributed by atoms with van der Waals surface area (Å²) >= 11 is 5.99. The second-order valence-corrected chi connectivity index (χ2v) is 5.58. The maximum absolute atomic E-state index is 13.1. The number of hydrogen-bond donors (Lipinski definition) is 0. The first-order valence-electron chi connectivity index (χ1n) is 5.90. The molecule has 0 bridgehead atoms. The van der Waals surface area contributed by atoms with Crippen LogP contribution in [0.2, 0.25) is 0 Å². The Kier molecular flexibility index (Phi) is 9.67. The van der Waals surface area contributed by atoms with Crippen LogP contribution in [0.25, 0.3) is 0 Å². The van der Waals surface area contributed by atoms with E-state index in [4.69, 9.17) is 9.47 Å². The average molecular weight is 454 g/mol. The average Bonchev–Trinajstić information content (AvgIpc) is 2.53. The van der Waals surface area contributed by atoms with Gasteiger partial charge in [0.25, 0.3) is 0 Å². The highest BCUT2D eigenvalue weighted by atomic mass is 79.9. The Labute approximate surface area is 150 Å². The summed E-state index contributed by atoms with van der Waals surface area (Å²) < 4.78 is 36.0. The molecule has 2 rings (SSSR count). The summed E-state index contributed by atoms with van der Waals surface area (Å²) in [7, 11) is 2.89. The summed E-state index contributed by atoms with van der Waals surface area (Å²) in [6, 6.07) is 7.63. The van der Waals surface area contributed by atoms with Crippen LogP contribution in [0.3, 0.4) is 0 Å². The molecule has 2 aromatic carbocycles. The highest BCUT2D eigenvalue weighted by Crippen LogP contribution is 2.25. The quantitative estimate of drug-likeness (QED) is 0.564. The molecule has 0 aliphatic heterocycles. The van der Waals surface area contributed by atoms with E-state index >= 15 is 0 Å². The van der Waals surface area contributed by atoms with Gasteiger partial charge in [0.15, 0.2) is 12.1 Å². The van der Waals surface area contributed by atoms with E-state index in [0.717, 1.165) is 0 Å². The topological polar surface area (TPSA) is 35.5 Å². The summed E-state index contributed by atoms with van der Waals surface area (Å²) in [5.41, 5.74) is -0.0631. The zero-order valence-electron chi connectivity index (χ0n) is 11.7. The Morgan fingerprint density at radius 1 is 1.00 bits per heavy atom. The SMILES string of the molecule is C.COc1ccc(Br)c(F)c1.COc1ccc(Br)c(F)c1C=O. The van der Waals surface area contributed by atoms with E-state index in [1.807, 2.05) is 0 Å². The van der Waals surface area contributed by atoms with Crippen molar-refractivity contribution >= 4 is 38.1 Å². The zero-order valence-corrected chi connectivity index (χ0v) is 14.9. The molecule has 0 unspecified atom stereocenters. The van der Waals surface area contributed by atoms with Crippen LogP contribution >= 0.6 is 31.9 Å². The molecule has 0 aliphatic carbocycles. The lowest BCUT2D eigenvalue weighted by atomic mass is 10.2. The van der Waals surface area contributed by atoms with Gasteiger partial charge in [-0.1, -0.05) is 7.43 Å². The van der Waals surface area contributed by atoms with Gasteiger partial charge in [-0.2, -0.15) is 0 Å². The van der Waals surface area contributed by atoms with Crippen molar-refractivity contribution in [2.75, 3.05) is 14.2 Å². The van der Waals surface area contributed by atoms with Crippen molar-refractivity contribution in [2.24, 2.45) is 0 Å². The number of hydrogen-bond acceptors (Lipinski definition) is 3. The number of methoxy groups -OCH3 is 2. The van der Waals surface area contributed by atoms with Crippen molar-refractivity contribution in [1.82, 2.24) is 0 Å². The van der Waals surface area contributed by atoms with Crippen LogP contribution in [0, 0.1) is 11.6 Å². The standard InChI is InChI=1S/C8H6BrFO2.C7H6BrFO.CH4/c1-12-7-3-2-6(9)8(10)5(7)4-11;1-10-5-2-3-6(8)7(9)4-5;/h2-4H,1H3;2-4H,1H3;1H4.